The summed E-state index contributed by atoms with van der Waals surface area (Å²) in [5.74, 6) is -0.489. The number of alkyl halides is 3. The molecule has 4 atom stereocenters. The van der Waals surface area contributed by atoms with E-state index >= 15 is 0 Å². The third kappa shape index (κ3) is 14.4. The molecule has 4 aromatic rings. The Bertz CT molecular complexity index is 2070. The van der Waals surface area contributed by atoms with Crippen molar-refractivity contribution in [1.29, 1.82) is 0 Å². The van der Waals surface area contributed by atoms with Crippen LogP contribution in [0.4, 0.5) is 24.5 Å². The van der Waals surface area contributed by atoms with E-state index in [2.05, 4.69) is 80.2 Å². The van der Waals surface area contributed by atoms with E-state index in [1.807, 2.05) is 41.6 Å². The van der Waals surface area contributed by atoms with Crippen molar-refractivity contribution in [1.82, 2.24) is 10.2 Å². The minimum atomic E-state index is -4.60. The number of benzene rings is 4. The van der Waals surface area contributed by atoms with Gasteiger partial charge in [0.05, 0.1) is 29.0 Å². The molecule has 8 rings (SSSR count). The number of aliphatic hydroxyl groups excluding tert-OH is 1. The van der Waals surface area contributed by atoms with E-state index in [1.54, 1.807) is 18.2 Å². The zero-order chi connectivity index (χ0) is 44.4. The van der Waals surface area contributed by atoms with E-state index in [9.17, 15) is 27.9 Å². The fraction of sp³-hybridized carbons (Fsp3) is 0.447. The van der Waals surface area contributed by atoms with Crippen LogP contribution in [0.3, 0.4) is 0 Å². The van der Waals surface area contributed by atoms with E-state index in [4.69, 9.17) is 21.4 Å². The Morgan fingerprint density at radius 2 is 1.35 bits per heavy atom. The van der Waals surface area contributed by atoms with Crippen molar-refractivity contribution >= 4 is 57.4 Å². The number of nitrogens with one attached hydrogen (secondary N) is 1. The van der Waals surface area contributed by atoms with Crippen molar-refractivity contribution in [2.75, 3.05) is 55.6 Å². The van der Waals surface area contributed by atoms with Crippen molar-refractivity contribution < 1.29 is 42.4 Å². The summed E-state index contributed by atoms with van der Waals surface area (Å²) in [4.78, 5) is 30.9. The Balaban J connectivity index is 0.000000194. The molecule has 10 nitrogen and oxygen atoms in total. The van der Waals surface area contributed by atoms with E-state index in [0.717, 1.165) is 79.6 Å². The Morgan fingerprint density at radius 1 is 0.806 bits per heavy atom. The number of halogens is 5. The first-order valence-electron chi connectivity index (χ1n) is 21.1. The smallest absolute Gasteiger partial charge is 0.489 e. The van der Waals surface area contributed by atoms with Crippen LogP contribution >= 0.6 is 34.2 Å². The molecule has 0 bridgehead atoms. The van der Waals surface area contributed by atoms with Gasteiger partial charge in [0.25, 0.3) is 0 Å². The number of aryl methyl sites for hydroxylation is 2. The molecule has 1 saturated carbocycles. The number of aliphatic carboxylic acids is 1. The number of hydrogen-bond donors (Lipinski definition) is 3. The molecule has 3 N–H and O–H groups in total. The quantitative estimate of drug-likeness (QED) is 0.120. The SMILES string of the molecule is Cc1ccc(N2CCC(C(=O)N[C@H](CN3CCCC3)[C@H](O)c3ccc(OC4CC4)c(Cl)c3)C2)cc1.Cc1ccc(N2CCC(C(=O)O)C2)cc1.FC(F)(F)Oc1ccc(I)cc1. The van der Waals surface area contributed by atoms with Crippen molar-refractivity contribution in [2.45, 2.75) is 77.0 Å². The lowest BCUT2D eigenvalue weighted by molar-refractivity contribution is -0.274. The third-order valence-corrected chi connectivity index (χ3v) is 12.4. The van der Waals surface area contributed by atoms with Crippen molar-refractivity contribution in [2.24, 2.45) is 11.8 Å². The van der Waals surface area contributed by atoms with Gasteiger partial charge in [-0.15, -0.1) is 13.2 Å². The molecule has 4 fully saturated rings. The lowest BCUT2D eigenvalue weighted by atomic mass is 10.00. The van der Waals surface area contributed by atoms with E-state index in [1.165, 1.54) is 23.3 Å². The molecule has 1 amide bonds. The second kappa shape index (κ2) is 21.9. The second-order valence-corrected chi connectivity index (χ2v) is 18.1. The van der Waals surface area contributed by atoms with Gasteiger partial charge in [-0.2, -0.15) is 0 Å². The molecule has 15 heteroatoms. The Hall–Kier alpha value is -4.25. The third-order valence-electron chi connectivity index (χ3n) is 11.4. The first kappa shape index (κ1) is 47.2. The van der Waals surface area contributed by atoms with Crippen LogP contribution < -0.4 is 24.6 Å². The highest BCUT2D eigenvalue weighted by Gasteiger charge is 2.34. The number of rotatable bonds is 12. The molecule has 1 aliphatic carbocycles. The Labute approximate surface area is 380 Å². The predicted molar refractivity (Wildman–Crippen MR) is 244 cm³/mol. The van der Waals surface area contributed by atoms with Gasteiger partial charge in [-0.25, -0.2) is 0 Å². The summed E-state index contributed by atoms with van der Waals surface area (Å²) in [7, 11) is 0. The van der Waals surface area contributed by atoms with E-state index in [0.29, 0.717) is 36.0 Å². The van der Waals surface area contributed by atoms with E-state index in [-0.39, 0.29) is 29.6 Å². The van der Waals surface area contributed by atoms with Crippen LogP contribution in [0.15, 0.2) is 91.0 Å². The molecule has 3 heterocycles. The molecule has 4 aromatic carbocycles. The lowest BCUT2D eigenvalue weighted by Gasteiger charge is -2.30. The number of carboxylic acid groups (broad SMARTS) is 1. The monoisotopic (exact) mass is 990 g/mol. The summed E-state index contributed by atoms with van der Waals surface area (Å²) in [6.07, 6.45) is 0.813. The summed E-state index contributed by atoms with van der Waals surface area (Å²) in [5, 5.41) is 24.0. The highest BCUT2D eigenvalue weighted by molar-refractivity contribution is 14.1. The van der Waals surface area contributed by atoms with Gasteiger partial charge in [0.2, 0.25) is 5.91 Å². The second-order valence-electron chi connectivity index (χ2n) is 16.4. The highest BCUT2D eigenvalue weighted by atomic mass is 127. The molecule has 62 heavy (non-hydrogen) atoms. The van der Waals surface area contributed by atoms with Crippen molar-refractivity contribution in [3.8, 4) is 11.5 Å². The minimum absolute atomic E-state index is 0.0163. The van der Waals surface area contributed by atoms with Crippen LogP contribution in [0, 0.1) is 29.3 Å². The maximum Gasteiger partial charge on any atom is 0.573 e. The number of likely N-dealkylation sites (tertiary alicyclic amines) is 1. The average molecular weight is 991 g/mol. The minimum Gasteiger partial charge on any atom is -0.489 e. The van der Waals surface area contributed by atoms with Gasteiger partial charge in [-0.1, -0.05) is 53.1 Å². The molecular formula is C47H55ClF3IN4O6. The molecule has 2 unspecified atom stereocenters. The molecular weight excluding hydrogens is 936 g/mol. The molecule has 0 spiro atoms. The molecule has 334 valence electrons. The zero-order valence-corrected chi connectivity index (χ0v) is 37.9. The zero-order valence-electron chi connectivity index (χ0n) is 35.0. The first-order chi connectivity index (χ1) is 29.6. The number of ether oxygens (including phenoxy) is 2. The molecule has 0 aromatic heterocycles. The lowest BCUT2D eigenvalue weighted by Crippen LogP contribution is -2.48. The number of carbonyl (C=O) groups excluding carboxylic acids is 1. The number of carbonyl (C=O) groups is 2. The van der Waals surface area contributed by atoms with Gasteiger partial charge in [0.15, 0.2) is 0 Å². The summed E-state index contributed by atoms with van der Waals surface area (Å²) < 4.78 is 45.2. The summed E-state index contributed by atoms with van der Waals surface area (Å²) in [6.45, 7) is 9.79. The highest BCUT2D eigenvalue weighted by Crippen LogP contribution is 2.35. The van der Waals surface area contributed by atoms with Crippen LogP contribution in [0.1, 0.15) is 61.3 Å². The normalized spacial score (nSPS) is 19.7. The van der Waals surface area contributed by atoms with Gasteiger partial charge in [0, 0.05) is 47.7 Å². The summed E-state index contributed by atoms with van der Waals surface area (Å²) >= 11 is 8.47. The van der Waals surface area contributed by atoms with Crippen LogP contribution in [-0.2, 0) is 9.59 Å². The van der Waals surface area contributed by atoms with Gasteiger partial charge in [-0.05, 0) is 154 Å². The standard InChI is InChI=1S/C28H36ClN3O3.C12H15NO2.C7H4F3IO/c1-19-4-7-22(8-5-19)32-15-12-21(17-32)28(34)30-25(18-31-13-2-3-14-31)27(33)20-6-11-26(24(29)16-20)35-23-9-10-23;1-9-2-4-11(5-3-9)13-7-6-10(8-13)12(14)15;8-7(9,10)12-6-3-1-5(11)2-4-6/h4-8,11,16,21,23,25,27,33H,2-3,9-10,12-15,17-18H2,1H3,(H,30,34);2-5,10H,6-8H2,1H3,(H,14,15);1-4H/t21?,25-,27-;;/m1../s1. The maximum atomic E-state index is 13.3. The summed E-state index contributed by atoms with van der Waals surface area (Å²) in [6, 6.07) is 27.4. The number of anilines is 2. The largest absolute Gasteiger partial charge is 0.573 e. The fourth-order valence-electron chi connectivity index (χ4n) is 7.72. The number of amides is 1. The number of carboxylic acids is 1. The molecule has 0 radical (unpaired) electrons. The molecule has 3 saturated heterocycles. The first-order valence-corrected chi connectivity index (χ1v) is 22.6. The topological polar surface area (TPSA) is 115 Å². The van der Waals surface area contributed by atoms with Gasteiger partial charge in [0.1, 0.15) is 17.6 Å². The number of nitrogens with zero attached hydrogens (tertiary/aromatic N) is 3. The Kier molecular flexibility index (Phi) is 16.7. The van der Waals surface area contributed by atoms with Crippen molar-refractivity contribution in [3.05, 3.63) is 116 Å². The van der Waals surface area contributed by atoms with Crippen LogP contribution in [0.5, 0.6) is 11.5 Å². The van der Waals surface area contributed by atoms with Gasteiger partial charge < -0.3 is 39.7 Å². The predicted octanol–water partition coefficient (Wildman–Crippen LogP) is 9.43. The van der Waals surface area contributed by atoms with E-state index < -0.39 is 24.5 Å². The van der Waals surface area contributed by atoms with Crippen LogP contribution in [0.25, 0.3) is 0 Å². The number of hydrogen-bond acceptors (Lipinski definition) is 8. The van der Waals surface area contributed by atoms with Crippen LogP contribution in [0.2, 0.25) is 5.02 Å². The molecule has 3 aliphatic heterocycles. The van der Waals surface area contributed by atoms with Crippen molar-refractivity contribution in [3.63, 3.8) is 0 Å². The van der Waals surface area contributed by atoms with Crippen LogP contribution in [-0.4, -0.2) is 91.3 Å². The summed E-state index contributed by atoms with van der Waals surface area (Å²) in [5.41, 5.74) is 5.45. The van der Waals surface area contributed by atoms with Gasteiger partial charge >= 0.3 is 12.3 Å². The average Bonchev–Trinajstić information content (AvgIpc) is 3.61. The number of aliphatic hydroxyl groups is 1. The maximum absolute atomic E-state index is 13.3. The molecule has 4 aliphatic rings. The fourth-order valence-corrected chi connectivity index (χ4v) is 8.31. The Morgan fingerprint density at radius 3 is 1.85 bits per heavy atom. The van der Waals surface area contributed by atoms with Gasteiger partial charge in [-0.3, -0.25) is 9.59 Å².